The molecule has 1 aliphatic rings. The van der Waals surface area contributed by atoms with Gasteiger partial charge in [-0.3, -0.25) is 4.79 Å². The Bertz CT molecular complexity index is 535. The first kappa shape index (κ1) is 16.1. The Morgan fingerprint density at radius 1 is 1.19 bits per heavy atom. The van der Waals surface area contributed by atoms with E-state index < -0.39 is 18.3 Å². The lowest BCUT2D eigenvalue weighted by Gasteiger charge is -2.32. The molecule has 4 nitrogen and oxygen atoms in total. The number of esters is 1. The molecular weight excluding hydrogens is 267 g/mol. The number of carbonyl (C=O) groups excluding carboxylic acids is 1. The highest BCUT2D eigenvalue weighted by Crippen LogP contribution is 2.37. The van der Waals surface area contributed by atoms with E-state index in [4.69, 9.17) is 14.0 Å². The van der Waals surface area contributed by atoms with Crippen LogP contribution < -0.4 is 5.46 Å². The minimum absolute atomic E-state index is 0.233. The van der Waals surface area contributed by atoms with Crippen molar-refractivity contribution < 1.29 is 18.8 Å². The fourth-order valence-electron chi connectivity index (χ4n) is 2.34. The SMILES string of the molecule is CC(=O)OCc1cccc(C)c1B1OC(C)(C)C(C)(C)O1. The van der Waals surface area contributed by atoms with Crippen LogP contribution in [0.5, 0.6) is 0 Å². The average Bonchev–Trinajstić information content (AvgIpc) is 2.55. The van der Waals surface area contributed by atoms with Crippen molar-refractivity contribution in [3.63, 3.8) is 0 Å². The van der Waals surface area contributed by atoms with Crippen LogP contribution in [0.15, 0.2) is 18.2 Å². The molecule has 0 N–H and O–H groups in total. The monoisotopic (exact) mass is 290 g/mol. The lowest BCUT2D eigenvalue weighted by atomic mass is 9.73. The molecule has 1 aliphatic heterocycles. The largest absolute Gasteiger partial charge is 0.495 e. The smallest absolute Gasteiger partial charge is 0.461 e. The van der Waals surface area contributed by atoms with Gasteiger partial charge in [-0.05, 0) is 45.6 Å². The summed E-state index contributed by atoms with van der Waals surface area (Å²) < 4.78 is 17.4. The van der Waals surface area contributed by atoms with Crippen molar-refractivity contribution in [2.24, 2.45) is 0 Å². The van der Waals surface area contributed by atoms with Crippen molar-refractivity contribution in [3.05, 3.63) is 29.3 Å². The third-order valence-electron chi connectivity index (χ3n) is 4.33. The molecule has 0 amide bonds. The molecule has 114 valence electrons. The summed E-state index contributed by atoms with van der Waals surface area (Å²) in [7, 11) is -0.443. The van der Waals surface area contributed by atoms with Crippen molar-refractivity contribution >= 4 is 18.6 Å². The summed E-state index contributed by atoms with van der Waals surface area (Å²) in [6, 6.07) is 5.90. The van der Waals surface area contributed by atoms with Gasteiger partial charge in [0.1, 0.15) is 6.61 Å². The summed E-state index contributed by atoms with van der Waals surface area (Å²) in [6.45, 7) is 11.8. The van der Waals surface area contributed by atoms with Crippen molar-refractivity contribution in [1.82, 2.24) is 0 Å². The molecule has 0 radical (unpaired) electrons. The van der Waals surface area contributed by atoms with Gasteiger partial charge in [0.05, 0.1) is 11.2 Å². The molecule has 2 rings (SSSR count). The highest BCUT2D eigenvalue weighted by atomic mass is 16.7. The standard InChI is InChI=1S/C16H23BO4/c1-11-8-7-9-13(10-19-12(2)18)14(11)17-20-15(3,4)16(5,6)21-17/h7-9H,10H2,1-6H3. The summed E-state index contributed by atoms with van der Waals surface area (Å²) in [6.07, 6.45) is 0. The maximum atomic E-state index is 11.1. The molecule has 0 saturated carbocycles. The van der Waals surface area contributed by atoms with E-state index in [1.165, 1.54) is 6.92 Å². The molecule has 0 spiro atoms. The zero-order valence-corrected chi connectivity index (χ0v) is 13.6. The van der Waals surface area contributed by atoms with Crippen LogP contribution >= 0.6 is 0 Å². The van der Waals surface area contributed by atoms with Crippen molar-refractivity contribution in [2.45, 2.75) is 59.4 Å². The number of hydrogen-bond donors (Lipinski definition) is 0. The molecule has 0 aromatic heterocycles. The van der Waals surface area contributed by atoms with E-state index in [2.05, 4.69) is 0 Å². The maximum Gasteiger partial charge on any atom is 0.495 e. The van der Waals surface area contributed by atoms with Crippen LogP contribution in [0.1, 0.15) is 45.7 Å². The van der Waals surface area contributed by atoms with E-state index in [0.29, 0.717) is 0 Å². The second kappa shape index (κ2) is 5.46. The minimum Gasteiger partial charge on any atom is -0.461 e. The van der Waals surface area contributed by atoms with Gasteiger partial charge in [0.2, 0.25) is 0 Å². The van der Waals surface area contributed by atoms with Gasteiger partial charge in [0.25, 0.3) is 0 Å². The number of hydrogen-bond acceptors (Lipinski definition) is 4. The zero-order chi connectivity index (χ0) is 15.8. The van der Waals surface area contributed by atoms with Crippen LogP contribution in [0, 0.1) is 6.92 Å². The van der Waals surface area contributed by atoms with Crippen molar-refractivity contribution in [3.8, 4) is 0 Å². The summed E-state index contributed by atoms with van der Waals surface area (Å²) >= 11 is 0. The normalized spacial score (nSPS) is 19.6. The predicted molar refractivity (Wildman–Crippen MR) is 82.4 cm³/mol. The summed E-state index contributed by atoms with van der Waals surface area (Å²) in [5, 5.41) is 0. The Kier molecular flexibility index (Phi) is 4.18. The summed E-state index contributed by atoms with van der Waals surface area (Å²) in [5.41, 5.74) is 2.16. The van der Waals surface area contributed by atoms with Crippen molar-refractivity contribution in [2.75, 3.05) is 0 Å². The van der Waals surface area contributed by atoms with Crippen LogP contribution in [0.2, 0.25) is 0 Å². The molecule has 0 bridgehead atoms. The Morgan fingerprint density at radius 3 is 2.29 bits per heavy atom. The first-order chi connectivity index (χ1) is 9.64. The molecule has 0 atom stereocenters. The number of rotatable bonds is 3. The molecule has 1 aromatic rings. The van der Waals surface area contributed by atoms with Crippen LogP contribution in [0.4, 0.5) is 0 Å². The maximum absolute atomic E-state index is 11.1. The molecule has 21 heavy (non-hydrogen) atoms. The third-order valence-corrected chi connectivity index (χ3v) is 4.33. The van der Waals surface area contributed by atoms with Crippen LogP contribution in [-0.2, 0) is 25.4 Å². The Balaban J connectivity index is 2.34. The van der Waals surface area contributed by atoms with Gasteiger partial charge in [-0.25, -0.2) is 0 Å². The van der Waals surface area contributed by atoms with E-state index >= 15 is 0 Å². The van der Waals surface area contributed by atoms with E-state index in [0.717, 1.165) is 16.6 Å². The molecule has 1 heterocycles. The third kappa shape index (κ3) is 3.14. The number of aryl methyl sites for hydroxylation is 1. The molecule has 5 heteroatoms. The Morgan fingerprint density at radius 2 is 1.76 bits per heavy atom. The van der Waals surface area contributed by atoms with Gasteiger partial charge >= 0.3 is 13.1 Å². The molecular formula is C16H23BO4. The molecule has 0 unspecified atom stereocenters. The van der Waals surface area contributed by atoms with E-state index in [1.54, 1.807) is 0 Å². The molecule has 1 saturated heterocycles. The van der Waals surface area contributed by atoms with Gasteiger partial charge < -0.3 is 14.0 Å². The quantitative estimate of drug-likeness (QED) is 0.633. The first-order valence-corrected chi connectivity index (χ1v) is 7.21. The van der Waals surface area contributed by atoms with Gasteiger partial charge in [-0.2, -0.15) is 0 Å². The second-order valence-corrected chi connectivity index (χ2v) is 6.52. The number of ether oxygens (including phenoxy) is 1. The van der Waals surface area contributed by atoms with Crippen LogP contribution in [0.25, 0.3) is 0 Å². The number of carbonyl (C=O) groups is 1. The highest BCUT2D eigenvalue weighted by molar-refractivity contribution is 6.63. The van der Waals surface area contributed by atoms with Crippen LogP contribution in [-0.4, -0.2) is 24.3 Å². The molecule has 1 aromatic carbocycles. The van der Waals surface area contributed by atoms with Crippen LogP contribution in [0.3, 0.4) is 0 Å². The lowest BCUT2D eigenvalue weighted by Crippen LogP contribution is -2.41. The summed E-state index contributed by atoms with van der Waals surface area (Å²) in [5.74, 6) is -0.295. The fourth-order valence-corrected chi connectivity index (χ4v) is 2.34. The fraction of sp³-hybridized carbons (Fsp3) is 0.562. The average molecular weight is 290 g/mol. The Hall–Kier alpha value is -1.33. The predicted octanol–water partition coefficient (Wildman–Crippen LogP) is 2.36. The first-order valence-electron chi connectivity index (χ1n) is 7.21. The van der Waals surface area contributed by atoms with E-state index in [-0.39, 0.29) is 12.6 Å². The Labute approximate surface area is 126 Å². The topological polar surface area (TPSA) is 44.8 Å². The lowest BCUT2D eigenvalue weighted by molar-refractivity contribution is -0.142. The van der Waals surface area contributed by atoms with Gasteiger partial charge in [-0.15, -0.1) is 0 Å². The second-order valence-electron chi connectivity index (χ2n) is 6.52. The van der Waals surface area contributed by atoms with Gasteiger partial charge in [-0.1, -0.05) is 23.8 Å². The zero-order valence-electron chi connectivity index (χ0n) is 13.6. The van der Waals surface area contributed by atoms with E-state index in [9.17, 15) is 4.79 Å². The van der Waals surface area contributed by atoms with E-state index in [1.807, 2.05) is 52.8 Å². The molecule has 1 fully saturated rings. The highest BCUT2D eigenvalue weighted by Gasteiger charge is 2.52. The van der Waals surface area contributed by atoms with Crippen molar-refractivity contribution in [1.29, 1.82) is 0 Å². The van der Waals surface area contributed by atoms with Gasteiger partial charge in [0.15, 0.2) is 0 Å². The number of benzene rings is 1. The minimum atomic E-state index is -0.443. The summed E-state index contributed by atoms with van der Waals surface area (Å²) in [4.78, 5) is 11.1. The molecule has 0 aliphatic carbocycles. The van der Waals surface area contributed by atoms with Gasteiger partial charge in [0, 0.05) is 6.92 Å².